The minimum absolute atomic E-state index is 0.229. The van der Waals surface area contributed by atoms with E-state index in [9.17, 15) is 12.8 Å². The summed E-state index contributed by atoms with van der Waals surface area (Å²) in [4.78, 5) is 20.0. The van der Waals surface area contributed by atoms with Crippen molar-refractivity contribution in [1.82, 2.24) is 24.8 Å². The Bertz CT molecular complexity index is 2210. The minimum atomic E-state index is -2.32. The number of halogens is 2. The maximum atomic E-state index is 13.6. The van der Waals surface area contributed by atoms with Crippen molar-refractivity contribution in [2.75, 3.05) is 25.5 Å². The molecule has 3 aromatic carbocycles. The molecule has 0 spiro atoms. The second kappa shape index (κ2) is 16.1. The van der Waals surface area contributed by atoms with Crippen molar-refractivity contribution in [3.8, 4) is 22.8 Å². The van der Waals surface area contributed by atoms with Crippen LogP contribution >= 0.6 is 27.3 Å². The van der Waals surface area contributed by atoms with Gasteiger partial charge in [0.2, 0.25) is 10.3 Å². The largest absolute Gasteiger partial charge is 0.496 e. The van der Waals surface area contributed by atoms with E-state index in [1.165, 1.54) is 35.3 Å². The quantitative estimate of drug-likeness (QED) is 0.115. The van der Waals surface area contributed by atoms with Crippen molar-refractivity contribution in [2.45, 2.75) is 19.4 Å². The summed E-state index contributed by atoms with van der Waals surface area (Å²) in [5, 5.41) is 6.97. The molecule has 0 aliphatic carbocycles. The Morgan fingerprint density at radius 1 is 0.980 bits per heavy atom. The summed E-state index contributed by atoms with van der Waals surface area (Å²) in [6.45, 7) is 1.22. The van der Waals surface area contributed by atoms with E-state index >= 15 is 0 Å². The van der Waals surface area contributed by atoms with Gasteiger partial charge in [0.25, 0.3) is 0 Å². The summed E-state index contributed by atoms with van der Waals surface area (Å²) in [7, 11) is -0.721. The maximum Gasteiger partial charge on any atom is 0.225 e. The van der Waals surface area contributed by atoms with Crippen LogP contribution in [0.1, 0.15) is 16.3 Å². The summed E-state index contributed by atoms with van der Waals surface area (Å²) in [6.07, 6.45) is 4.39. The number of hydrogen-bond acceptors (Lipinski definition) is 10. The highest BCUT2D eigenvalue weighted by Gasteiger charge is 2.16. The van der Waals surface area contributed by atoms with Gasteiger partial charge in [0.15, 0.2) is 0 Å². The molecule has 0 aliphatic heterocycles. The molecule has 0 saturated carbocycles. The third kappa shape index (κ3) is 9.03. The number of benzene rings is 3. The number of hydrogen-bond donors (Lipinski definition) is 1. The number of fused-ring (bicyclic) bond motifs is 1. The fraction of sp³-hybridized carbons (Fsp3) is 0.171. The molecule has 0 saturated heterocycles. The smallest absolute Gasteiger partial charge is 0.225 e. The van der Waals surface area contributed by atoms with Gasteiger partial charge in [0, 0.05) is 65.9 Å². The second-order valence-corrected chi connectivity index (χ2v) is 13.4. The normalized spacial score (nSPS) is 11.1. The number of pyridine rings is 1. The maximum absolute atomic E-state index is 13.6. The molecule has 6 aromatic rings. The zero-order valence-corrected chi connectivity index (χ0v) is 29.4. The lowest BCUT2D eigenvalue weighted by molar-refractivity contribution is 0.303. The minimum Gasteiger partial charge on any atom is -0.496 e. The molecule has 0 radical (unpaired) electrons. The van der Waals surface area contributed by atoms with Crippen molar-refractivity contribution < 1.29 is 22.3 Å². The Morgan fingerprint density at radius 2 is 1.86 bits per heavy atom. The van der Waals surface area contributed by atoms with Gasteiger partial charge in [-0.15, -0.1) is 11.3 Å². The van der Waals surface area contributed by atoms with Crippen molar-refractivity contribution in [3.63, 3.8) is 0 Å². The fourth-order valence-electron chi connectivity index (χ4n) is 5.10. The van der Waals surface area contributed by atoms with Crippen LogP contribution in [0.2, 0.25) is 0 Å². The highest BCUT2D eigenvalue weighted by atomic mass is 79.9. The zero-order chi connectivity index (χ0) is 34.2. The molecule has 0 atom stereocenters. The summed E-state index contributed by atoms with van der Waals surface area (Å²) < 4.78 is 48.9. The summed E-state index contributed by atoms with van der Waals surface area (Å²) >= 11 is 5.08. The Kier molecular flexibility index (Phi) is 11.2. The highest BCUT2D eigenvalue weighted by Crippen LogP contribution is 2.37. The van der Waals surface area contributed by atoms with E-state index in [1.54, 1.807) is 24.3 Å². The number of ether oxygens (including phenoxy) is 2. The monoisotopic (exact) mass is 760 g/mol. The molecular weight excluding hydrogens is 731 g/mol. The van der Waals surface area contributed by atoms with Crippen LogP contribution in [0.15, 0.2) is 95.2 Å². The molecule has 250 valence electrons. The van der Waals surface area contributed by atoms with Crippen LogP contribution in [0.3, 0.4) is 0 Å². The highest BCUT2D eigenvalue weighted by molar-refractivity contribution is 9.10. The molecule has 6 rings (SSSR count). The van der Waals surface area contributed by atoms with E-state index in [4.69, 9.17) is 14.5 Å². The number of nitrogens with one attached hydrogen (secondary N) is 1. The van der Waals surface area contributed by atoms with Gasteiger partial charge in [0.05, 0.1) is 27.8 Å². The molecule has 0 aliphatic rings. The first-order chi connectivity index (χ1) is 23.8. The fourth-order valence-corrected chi connectivity index (χ4v) is 6.84. The van der Waals surface area contributed by atoms with Crippen LogP contribution < -0.4 is 14.8 Å². The third-order valence-corrected chi connectivity index (χ3v) is 9.49. The molecular formula is C35H30BrFN6O4S2. The van der Waals surface area contributed by atoms with E-state index < -0.39 is 10.3 Å². The molecule has 3 heterocycles. The van der Waals surface area contributed by atoms with Gasteiger partial charge >= 0.3 is 0 Å². The van der Waals surface area contributed by atoms with E-state index in [1.807, 2.05) is 60.0 Å². The number of aromatic nitrogens is 4. The number of methoxy groups -OCH3 is 1. The van der Waals surface area contributed by atoms with Gasteiger partial charge in [-0.25, -0.2) is 19.3 Å². The van der Waals surface area contributed by atoms with Crippen molar-refractivity contribution >= 4 is 65.5 Å². The van der Waals surface area contributed by atoms with Crippen molar-refractivity contribution in [1.29, 1.82) is 0 Å². The standard InChI is InChI=1S/C35H30BrFN6O4S2/c1-46-33-18-30-28(35(40-21-39-30)41-26-8-9-32(29(36)16-26)47-19-23-5-4-6-24(37)15-23)17-27(33)31-20-48-34(42-31)11-14-43(22-49(44)45)13-10-25-7-2-3-12-38-25/h2-9,12,15-18,20-22H,10-11,13-14,19H2,1H3,(H,39,40,41). The van der Waals surface area contributed by atoms with Crippen LogP contribution in [0.25, 0.3) is 22.2 Å². The van der Waals surface area contributed by atoms with E-state index in [0.717, 1.165) is 43.1 Å². The van der Waals surface area contributed by atoms with Crippen LogP contribution in [-0.4, -0.2) is 58.9 Å². The second-order valence-electron chi connectivity index (χ2n) is 10.8. The average molecular weight is 762 g/mol. The number of anilines is 2. The van der Waals surface area contributed by atoms with E-state index in [-0.39, 0.29) is 12.4 Å². The summed E-state index contributed by atoms with van der Waals surface area (Å²) in [6, 6.07) is 21.4. The first kappa shape index (κ1) is 34.1. The molecule has 10 nitrogen and oxygen atoms in total. The predicted molar refractivity (Wildman–Crippen MR) is 194 cm³/mol. The molecule has 3 aromatic heterocycles. The van der Waals surface area contributed by atoms with Crippen LogP contribution in [-0.2, 0) is 29.7 Å². The predicted octanol–water partition coefficient (Wildman–Crippen LogP) is 7.11. The van der Waals surface area contributed by atoms with Gasteiger partial charge in [-0.05, 0) is 70.0 Å². The molecule has 0 bridgehead atoms. The van der Waals surface area contributed by atoms with Crippen LogP contribution in [0, 0.1) is 5.82 Å². The average Bonchev–Trinajstić information content (AvgIpc) is 3.58. The molecule has 0 fully saturated rings. The molecule has 14 heteroatoms. The van der Waals surface area contributed by atoms with E-state index in [0.29, 0.717) is 48.8 Å². The Balaban J connectivity index is 1.18. The van der Waals surface area contributed by atoms with E-state index in [2.05, 4.69) is 36.2 Å². The lowest BCUT2D eigenvalue weighted by Crippen LogP contribution is -2.27. The first-order valence-electron chi connectivity index (χ1n) is 15.1. The van der Waals surface area contributed by atoms with Gasteiger partial charge in [-0.1, -0.05) is 18.2 Å². The molecule has 0 amide bonds. The van der Waals surface area contributed by atoms with Crippen LogP contribution in [0.5, 0.6) is 11.5 Å². The summed E-state index contributed by atoms with van der Waals surface area (Å²) in [5.41, 5.74) is 5.80. The van der Waals surface area contributed by atoms with Crippen molar-refractivity contribution in [2.24, 2.45) is 0 Å². The molecule has 49 heavy (non-hydrogen) atoms. The van der Waals surface area contributed by atoms with Gasteiger partial charge < -0.3 is 14.8 Å². The number of rotatable bonds is 14. The number of thiazole rings is 1. The Morgan fingerprint density at radius 3 is 2.63 bits per heavy atom. The Labute approximate surface area is 296 Å². The van der Waals surface area contributed by atoms with Gasteiger partial charge in [-0.3, -0.25) is 9.88 Å². The van der Waals surface area contributed by atoms with Crippen molar-refractivity contribution in [3.05, 3.63) is 117 Å². The number of nitrogens with zero attached hydrogens (tertiary/aromatic N) is 5. The topological polar surface area (TPSA) is 119 Å². The molecule has 0 unspecified atom stereocenters. The SMILES string of the molecule is COc1cc2ncnc(Nc3ccc(OCc4cccc(F)c4)c(Br)c3)c2cc1-c1csc(CCN(C=S(=O)=O)CCc2ccccn2)n1. The molecule has 1 N–H and O–H groups in total. The zero-order valence-electron chi connectivity index (χ0n) is 26.2. The van der Waals surface area contributed by atoms with Crippen LogP contribution in [0.4, 0.5) is 15.9 Å². The first-order valence-corrected chi connectivity index (χ1v) is 17.9. The van der Waals surface area contributed by atoms with Gasteiger partial charge in [0.1, 0.15) is 41.6 Å². The summed E-state index contributed by atoms with van der Waals surface area (Å²) in [5.74, 6) is 1.51. The lowest BCUT2D eigenvalue weighted by Gasteiger charge is -2.15. The Hall–Kier alpha value is -4.76. The lowest BCUT2D eigenvalue weighted by atomic mass is 10.1. The third-order valence-electron chi connectivity index (χ3n) is 7.49. The van der Waals surface area contributed by atoms with Gasteiger partial charge in [-0.2, -0.15) is 8.42 Å².